The summed E-state index contributed by atoms with van der Waals surface area (Å²) in [7, 11) is 0. The number of nitrogens with zero attached hydrogens (tertiary/aromatic N) is 1. The third-order valence-corrected chi connectivity index (χ3v) is 4.65. The maximum Gasteiger partial charge on any atom is 0.0718 e. The summed E-state index contributed by atoms with van der Waals surface area (Å²) >= 11 is 0. The molecule has 0 saturated heterocycles. The molecule has 0 aliphatic heterocycles. The molecule has 0 aromatic heterocycles. The van der Waals surface area contributed by atoms with Gasteiger partial charge in [0.25, 0.3) is 0 Å². The van der Waals surface area contributed by atoms with Crippen molar-refractivity contribution in [3.63, 3.8) is 0 Å². The average molecular weight is 347 g/mol. The Balaban J connectivity index is 1.90. The standard InChI is InChI=1S/C26H21N/c1-20(21-11-4-2-5-12-21)19-26(27-23-15-6-3-7-16-23)25-18-10-14-22-13-8-9-17-24(22)25/h2-19H,1H3/b20-19+,27-26-. The van der Waals surface area contributed by atoms with Crippen LogP contribution in [0.25, 0.3) is 16.3 Å². The first kappa shape index (κ1) is 17.0. The number of allylic oxidation sites excluding steroid dienone is 2. The molecular weight excluding hydrogens is 326 g/mol. The zero-order chi connectivity index (χ0) is 18.5. The van der Waals surface area contributed by atoms with Gasteiger partial charge in [0.1, 0.15) is 0 Å². The van der Waals surface area contributed by atoms with Gasteiger partial charge in [0.15, 0.2) is 0 Å². The van der Waals surface area contributed by atoms with Crippen LogP contribution in [0.1, 0.15) is 18.1 Å². The maximum atomic E-state index is 4.98. The summed E-state index contributed by atoms with van der Waals surface area (Å²) < 4.78 is 0. The monoisotopic (exact) mass is 347 g/mol. The molecule has 0 bridgehead atoms. The van der Waals surface area contributed by atoms with E-state index in [2.05, 4.69) is 79.7 Å². The van der Waals surface area contributed by atoms with Crippen LogP contribution in [0.2, 0.25) is 0 Å². The molecule has 1 nitrogen and oxygen atoms in total. The van der Waals surface area contributed by atoms with Gasteiger partial charge < -0.3 is 0 Å². The van der Waals surface area contributed by atoms with E-state index < -0.39 is 0 Å². The zero-order valence-electron chi connectivity index (χ0n) is 15.3. The predicted octanol–water partition coefficient (Wildman–Crippen LogP) is 7.06. The third-order valence-electron chi connectivity index (χ3n) is 4.65. The molecule has 0 aliphatic rings. The first-order valence-electron chi connectivity index (χ1n) is 9.17. The van der Waals surface area contributed by atoms with E-state index in [0.717, 1.165) is 17.0 Å². The quantitative estimate of drug-likeness (QED) is 0.350. The topological polar surface area (TPSA) is 12.4 Å². The Morgan fingerprint density at radius 3 is 2.07 bits per heavy atom. The Hall–Kier alpha value is -3.45. The largest absolute Gasteiger partial charge is 0.248 e. The predicted molar refractivity (Wildman–Crippen MR) is 117 cm³/mol. The molecule has 0 spiro atoms. The highest BCUT2D eigenvalue weighted by molar-refractivity contribution is 6.19. The van der Waals surface area contributed by atoms with Gasteiger partial charge in [-0.05, 0) is 47.0 Å². The lowest BCUT2D eigenvalue weighted by molar-refractivity contribution is 1.50. The Labute approximate surface area is 160 Å². The number of rotatable bonds is 4. The first-order valence-corrected chi connectivity index (χ1v) is 9.17. The van der Waals surface area contributed by atoms with Crippen LogP contribution in [0.4, 0.5) is 5.69 Å². The number of para-hydroxylation sites is 1. The summed E-state index contributed by atoms with van der Waals surface area (Å²) in [5.74, 6) is 0. The summed E-state index contributed by atoms with van der Waals surface area (Å²) in [6.07, 6.45) is 2.18. The molecule has 1 heteroatoms. The van der Waals surface area contributed by atoms with Crippen LogP contribution >= 0.6 is 0 Å². The van der Waals surface area contributed by atoms with E-state index >= 15 is 0 Å². The lowest BCUT2D eigenvalue weighted by Gasteiger charge is -2.09. The summed E-state index contributed by atoms with van der Waals surface area (Å²) in [5.41, 5.74) is 5.47. The maximum absolute atomic E-state index is 4.98. The Morgan fingerprint density at radius 1 is 0.667 bits per heavy atom. The highest BCUT2D eigenvalue weighted by atomic mass is 14.7. The number of benzene rings is 4. The molecule has 130 valence electrons. The molecule has 0 heterocycles. The van der Waals surface area contributed by atoms with Gasteiger partial charge in [-0.2, -0.15) is 0 Å². The van der Waals surface area contributed by atoms with Crippen molar-refractivity contribution in [2.24, 2.45) is 4.99 Å². The van der Waals surface area contributed by atoms with Gasteiger partial charge >= 0.3 is 0 Å². The van der Waals surface area contributed by atoms with E-state index in [-0.39, 0.29) is 0 Å². The van der Waals surface area contributed by atoms with Gasteiger partial charge in [-0.3, -0.25) is 0 Å². The van der Waals surface area contributed by atoms with Crippen molar-refractivity contribution in [2.45, 2.75) is 6.92 Å². The van der Waals surface area contributed by atoms with Gasteiger partial charge in [0.2, 0.25) is 0 Å². The van der Waals surface area contributed by atoms with Gasteiger partial charge in [-0.1, -0.05) is 91.0 Å². The van der Waals surface area contributed by atoms with Gasteiger partial charge in [0.05, 0.1) is 11.4 Å². The SMILES string of the molecule is C/C(=C\C(=N\c1ccccc1)c1cccc2ccccc12)c1ccccc1. The molecule has 0 N–H and O–H groups in total. The number of hydrogen-bond acceptors (Lipinski definition) is 1. The van der Waals surface area contributed by atoms with Crippen LogP contribution in [0.3, 0.4) is 0 Å². The van der Waals surface area contributed by atoms with E-state index in [1.807, 2.05) is 36.4 Å². The first-order chi connectivity index (χ1) is 13.3. The molecule has 0 atom stereocenters. The fraction of sp³-hybridized carbons (Fsp3) is 0.0385. The second-order valence-corrected chi connectivity index (χ2v) is 6.55. The van der Waals surface area contributed by atoms with Crippen molar-refractivity contribution in [3.8, 4) is 0 Å². The van der Waals surface area contributed by atoms with Gasteiger partial charge in [-0.25, -0.2) is 4.99 Å². The molecule has 4 rings (SSSR count). The molecular formula is C26H21N. The van der Waals surface area contributed by atoms with Crippen molar-refractivity contribution in [1.82, 2.24) is 0 Å². The molecule has 0 saturated carbocycles. The van der Waals surface area contributed by atoms with E-state index in [1.54, 1.807) is 0 Å². The van der Waals surface area contributed by atoms with Gasteiger partial charge in [0, 0.05) is 5.56 Å². The summed E-state index contributed by atoms with van der Waals surface area (Å²) in [6.45, 7) is 2.14. The van der Waals surface area contributed by atoms with Crippen LogP contribution < -0.4 is 0 Å². The van der Waals surface area contributed by atoms with Crippen LogP contribution in [0, 0.1) is 0 Å². The fourth-order valence-corrected chi connectivity index (χ4v) is 3.25. The van der Waals surface area contributed by atoms with Crippen LogP contribution in [-0.2, 0) is 0 Å². The molecule has 0 fully saturated rings. The summed E-state index contributed by atoms with van der Waals surface area (Å²) in [4.78, 5) is 4.98. The second kappa shape index (κ2) is 7.84. The van der Waals surface area contributed by atoms with Crippen molar-refractivity contribution < 1.29 is 0 Å². The normalized spacial score (nSPS) is 12.3. The Bertz CT molecular complexity index is 1100. The van der Waals surface area contributed by atoms with Crippen LogP contribution in [0.15, 0.2) is 114 Å². The van der Waals surface area contributed by atoms with E-state index in [4.69, 9.17) is 4.99 Å². The van der Waals surface area contributed by atoms with E-state index in [9.17, 15) is 0 Å². The molecule has 0 radical (unpaired) electrons. The minimum Gasteiger partial charge on any atom is -0.248 e. The number of aliphatic imine (C=N–C) groups is 1. The Morgan fingerprint density at radius 2 is 1.30 bits per heavy atom. The van der Waals surface area contributed by atoms with Crippen molar-refractivity contribution >= 4 is 27.7 Å². The Kier molecular flexibility index (Phi) is 4.93. The molecule has 27 heavy (non-hydrogen) atoms. The molecule has 4 aromatic rings. The van der Waals surface area contributed by atoms with Crippen molar-refractivity contribution in [1.29, 1.82) is 0 Å². The van der Waals surface area contributed by atoms with E-state index in [1.165, 1.54) is 21.9 Å². The minimum atomic E-state index is 0.956. The molecule has 0 aliphatic carbocycles. The smallest absolute Gasteiger partial charge is 0.0718 e. The van der Waals surface area contributed by atoms with Crippen molar-refractivity contribution in [2.75, 3.05) is 0 Å². The molecule has 4 aromatic carbocycles. The summed E-state index contributed by atoms with van der Waals surface area (Å²) in [5, 5.41) is 2.44. The minimum absolute atomic E-state index is 0.956. The lowest BCUT2D eigenvalue weighted by atomic mass is 9.98. The van der Waals surface area contributed by atoms with Gasteiger partial charge in [-0.15, -0.1) is 0 Å². The highest BCUT2D eigenvalue weighted by Gasteiger charge is 2.08. The second-order valence-electron chi connectivity index (χ2n) is 6.55. The highest BCUT2D eigenvalue weighted by Crippen LogP contribution is 2.24. The fourth-order valence-electron chi connectivity index (χ4n) is 3.25. The van der Waals surface area contributed by atoms with Crippen LogP contribution in [-0.4, -0.2) is 5.71 Å². The number of fused-ring (bicyclic) bond motifs is 1. The van der Waals surface area contributed by atoms with Crippen LogP contribution in [0.5, 0.6) is 0 Å². The van der Waals surface area contributed by atoms with Crippen molar-refractivity contribution in [3.05, 3.63) is 120 Å². The number of hydrogen-bond donors (Lipinski definition) is 0. The summed E-state index contributed by atoms with van der Waals surface area (Å²) in [6, 6.07) is 35.4. The molecule has 0 amide bonds. The van der Waals surface area contributed by atoms with E-state index in [0.29, 0.717) is 0 Å². The lowest BCUT2D eigenvalue weighted by Crippen LogP contribution is -1.99. The average Bonchev–Trinajstić information content (AvgIpc) is 2.74. The zero-order valence-corrected chi connectivity index (χ0v) is 15.3. The third kappa shape index (κ3) is 3.88. The molecule has 0 unspecified atom stereocenters.